The first-order valence-corrected chi connectivity index (χ1v) is 7.79. The lowest BCUT2D eigenvalue weighted by Crippen LogP contribution is -1.78. The van der Waals surface area contributed by atoms with E-state index in [0.29, 0.717) is 5.75 Å². The summed E-state index contributed by atoms with van der Waals surface area (Å²) in [4.78, 5) is 0. The zero-order chi connectivity index (χ0) is 17.6. The molecule has 1 heterocycles. The SMILES string of the molecule is Oc1ccccc1.c1ccc(-c2ccccc2)cc1.c1cnnnc1. The minimum Gasteiger partial charge on any atom is -0.508 e. The molecule has 0 bridgehead atoms. The number of aromatic nitrogens is 3. The lowest BCUT2D eigenvalue weighted by molar-refractivity contribution is 0.475. The Morgan fingerprint density at radius 1 is 0.480 bits per heavy atom. The summed E-state index contributed by atoms with van der Waals surface area (Å²) in [6.07, 6.45) is 3.15. The minimum absolute atomic E-state index is 0.322. The quantitative estimate of drug-likeness (QED) is 0.554. The molecule has 4 heteroatoms. The first-order chi connectivity index (χ1) is 12.4. The molecule has 0 amide bonds. The molecule has 0 aliphatic rings. The first-order valence-electron chi connectivity index (χ1n) is 7.79. The predicted octanol–water partition coefficient (Wildman–Crippen LogP) is 4.62. The van der Waals surface area contributed by atoms with Crippen LogP contribution in [-0.2, 0) is 0 Å². The van der Waals surface area contributed by atoms with Gasteiger partial charge in [0, 0.05) is 0 Å². The molecular weight excluding hydrogens is 310 g/mol. The van der Waals surface area contributed by atoms with E-state index < -0.39 is 0 Å². The molecule has 3 aromatic carbocycles. The Kier molecular flexibility index (Phi) is 7.89. The lowest BCUT2D eigenvalue weighted by atomic mass is 10.1. The second-order valence-electron chi connectivity index (χ2n) is 4.88. The number of aromatic hydroxyl groups is 1. The van der Waals surface area contributed by atoms with E-state index >= 15 is 0 Å². The molecule has 0 saturated heterocycles. The van der Waals surface area contributed by atoms with Crippen molar-refractivity contribution < 1.29 is 5.11 Å². The highest BCUT2D eigenvalue weighted by atomic mass is 16.3. The van der Waals surface area contributed by atoms with Crippen LogP contribution in [0.2, 0.25) is 0 Å². The number of benzene rings is 3. The highest BCUT2D eigenvalue weighted by Crippen LogP contribution is 2.17. The van der Waals surface area contributed by atoms with Crippen LogP contribution >= 0.6 is 0 Å². The van der Waals surface area contributed by atoms with Crippen LogP contribution in [0, 0.1) is 0 Å². The molecule has 0 radical (unpaired) electrons. The van der Waals surface area contributed by atoms with Crippen LogP contribution in [0.15, 0.2) is 109 Å². The van der Waals surface area contributed by atoms with Crippen molar-refractivity contribution in [3.05, 3.63) is 109 Å². The van der Waals surface area contributed by atoms with Crippen molar-refractivity contribution in [1.29, 1.82) is 0 Å². The van der Waals surface area contributed by atoms with Crippen molar-refractivity contribution in [2.75, 3.05) is 0 Å². The normalized spacial score (nSPS) is 8.96. The standard InChI is InChI=1S/C12H10.C6H6O.C3H3N3/c1-3-7-11(8-4-1)12-9-5-2-6-10-12;7-6-4-2-1-3-5-6;1-2-4-6-5-3-1/h1-10H;1-5,7H;1-3H. The van der Waals surface area contributed by atoms with Gasteiger partial charge in [-0.05, 0) is 34.5 Å². The Morgan fingerprint density at radius 3 is 1.12 bits per heavy atom. The number of para-hydroxylation sites is 1. The van der Waals surface area contributed by atoms with Crippen molar-refractivity contribution in [1.82, 2.24) is 15.4 Å². The van der Waals surface area contributed by atoms with E-state index in [0.717, 1.165) is 0 Å². The largest absolute Gasteiger partial charge is 0.508 e. The fourth-order valence-electron chi connectivity index (χ4n) is 1.89. The van der Waals surface area contributed by atoms with E-state index in [-0.39, 0.29) is 0 Å². The lowest BCUT2D eigenvalue weighted by Gasteiger charge is -1.98. The van der Waals surface area contributed by atoms with Gasteiger partial charge in [0.25, 0.3) is 0 Å². The van der Waals surface area contributed by atoms with E-state index in [1.54, 1.807) is 42.7 Å². The van der Waals surface area contributed by atoms with Gasteiger partial charge < -0.3 is 5.11 Å². The average Bonchev–Trinajstić information content (AvgIpc) is 2.72. The molecule has 4 nitrogen and oxygen atoms in total. The van der Waals surface area contributed by atoms with Gasteiger partial charge in [0.15, 0.2) is 0 Å². The number of hydrogen-bond acceptors (Lipinski definition) is 4. The molecule has 4 rings (SSSR count). The van der Waals surface area contributed by atoms with Crippen LogP contribution in [0.1, 0.15) is 0 Å². The van der Waals surface area contributed by atoms with Crippen LogP contribution < -0.4 is 0 Å². The number of nitrogens with zero attached hydrogens (tertiary/aromatic N) is 3. The zero-order valence-corrected chi connectivity index (χ0v) is 13.7. The monoisotopic (exact) mass is 329 g/mol. The van der Waals surface area contributed by atoms with Crippen LogP contribution in [0.4, 0.5) is 0 Å². The van der Waals surface area contributed by atoms with E-state index in [2.05, 4.69) is 63.9 Å². The number of rotatable bonds is 1. The second kappa shape index (κ2) is 11.1. The summed E-state index contributed by atoms with van der Waals surface area (Å²) >= 11 is 0. The summed E-state index contributed by atoms with van der Waals surface area (Å²) in [7, 11) is 0. The van der Waals surface area contributed by atoms with Crippen molar-refractivity contribution in [3.63, 3.8) is 0 Å². The fraction of sp³-hybridized carbons (Fsp3) is 0. The molecule has 0 unspecified atom stereocenters. The molecule has 0 atom stereocenters. The molecule has 0 aliphatic heterocycles. The third kappa shape index (κ3) is 7.52. The van der Waals surface area contributed by atoms with Crippen LogP contribution in [-0.4, -0.2) is 20.5 Å². The predicted molar refractivity (Wildman–Crippen MR) is 99.8 cm³/mol. The highest BCUT2D eigenvalue weighted by molar-refractivity contribution is 5.62. The van der Waals surface area contributed by atoms with Crippen molar-refractivity contribution in [3.8, 4) is 16.9 Å². The van der Waals surface area contributed by atoms with E-state index in [9.17, 15) is 0 Å². The summed E-state index contributed by atoms with van der Waals surface area (Å²) in [6.45, 7) is 0. The van der Waals surface area contributed by atoms with E-state index in [1.165, 1.54) is 11.1 Å². The van der Waals surface area contributed by atoms with Gasteiger partial charge in [-0.25, -0.2) is 0 Å². The Bertz CT molecular complexity index is 731. The Morgan fingerprint density at radius 2 is 0.880 bits per heavy atom. The number of phenolic OH excluding ortho intramolecular Hbond substituents is 1. The maximum absolute atomic E-state index is 8.63. The summed E-state index contributed by atoms with van der Waals surface area (Å²) < 4.78 is 0. The molecule has 0 saturated carbocycles. The topological polar surface area (TPSA) is 58.9 Å². The Hall–Kier alpha value is -3.53. The van der Waals surface area contributed by atoms with Crippen molar-refractivity contribution in [2.45, 2.75) is 0 Å². The molecule has 1 N–H and O–H groups in total. The first kappa shape index (κ1) is 17.8. The van der Waals surface area contributed by atoms with Gasteiger partial charge in [-0.1, -0.05) is 78.9 Å². The average molecular weight is 329 g/mol. The highest BCUT2D eigenvalue weighted by Gasteiger charge is 1.91. The molecular formula is C21H19N3O. The van der Waals surface area contributed by atoms with Crippen LogP contribution in [0.25, 0.3) is 11.1 Å². The fourth-order valence-corrected chi connectivity index (χ4v) is 1.89. The third-order valence-electron chi connectivity index (χ3n) is 3.05. The third-order valence-corrected chi connectivity index (χ3v) is 3.05. The Labute approximate surface area is 147 Å². The van der Waals surface area contributed by atoms with Gasteiger partial charge in [0.1, 0.15) is 5.75 Å². The van der Waals surface area contributed by atoms with Gasteiger partial charge in [-0.15, -0.1) is 10.2 Å². The molecule has 0 spiro atoms. The molecule has 4 aromatic rings. The second-order valence-corrected chi connectivity index (χ2v) is 4.88. The van der Waals surface area contributed by atoms with Gasteiger partial charge in [-0.3, -0.25) is 0 Å². The molecule has 0 aliphatic carbocycles. The summed E-state index contributed by atoms with van der Waals surface area (Å²) in [5, 5.41) is 18.8. The Balaban J connectivity index is 0.000000148. The number of phenols is 1. The maximum atomic E-state index is 8.63. The minimum atomic E-state index is 0.322. The molecule has 124 valence electrons. The van der Waals surface area contributed by atoms with E-state index in [4.69, 9.17) is 5.11 Å². The van der Waals surface area contributed by atoms with Crippen LogP contribution in [0.5, 0.6) is 5.75 Å². The maximum Gasteiger partial charge on any atom is 0.115 e. The summed E-state index contributed by atoms with van der Waals surface area (Å²) in [6, 6.07) is 31.2. The smallest absolute Gasteiger partial charge is 0.115 e. The molecule has 25 heavy (non-hydrogen) atoms. The van der Waals surface area contributed by atoms with Gasteiger partial charge >= 0.3 is 0 Å². The van der Waals surface area contributed by atoms with Gasteiger partial charge in [-0.2, -0.15) is 0 Å². The van der Waals surface area contributed by atoms with Crippen molar-refractivity contribution in [2.24, 2.45) is 0 Å². The van der Waals surface area contributed by atoms with E-state index in [1.807, 2.05) is 18.2 Å². The summed E-state index contributed by atoms with van der Waals surface area (Å²) in [5.74, 6) is 0.322. The molecule has 0 fully saturated rings. The van der Waals surface area contributed by atoms with Gasteiger partial charge in [0.05, 0.1) is 12.4 Å². The number of hydrogen-bond donors (Lipinski definition) is 1. The molecule has 1 aromatic heterocycles. The van der Waals surface area contributed by atoms with Crippen LogP contribution in [0.3, 0.4) is 0 Å². The zero-order valence-electron chi connectivity index (χ0n) is 13.7. The summed E-state index contributed by atoms with van der Waals surface area (Å²) in [5.41, 5.74) is 2.55. The van der Waals surface area contributed by atoms with Gasteiger partial charge in [0.2, 0.25) is 0 Å². The van der Waals surface area contributed by atoms with Crippen molar-refractivity contribution >= 4 is 0 Å².